The van der Waals surface area contributed by atoms with Crippen LogP contribution in [-0.2, 0) is 9.53 Å². The number of morpholine rings is 1. The second-order valence-corrected chi connectivity index (χ2v) is 5.65. The fourth-order valence-corrected chi connectivity index (χ4v) is 2.70. The average molecular weight is 334 g/mol. The van der Waals surface area contributed by atoms with Crippen LogP contribution in [0.25, 0.3) is 0 Å². The first-order chi connectivity index (χ1) is 9.99. The SMILES string of the molecule is Nc1cc(Cl)cc(Cl)c1NC(=O)CN1CCOC(CO)C1. The van der Waals surface area contributed by atoms with E-state index in [4.69, 9.17) is 38.8 Å². The minimum Gasteiger partial charge on any atom is -0.397 e. The maximum absolute atomic E-state index is 12.1. The van der Waals surface area contributed by atoms with Gasteiger partial charge >= 0.3 is 0 Å². The monoisotopic (exact) mass is 333 g/mol. The quantitative estimate of drug-likeness (QED) is 0.721. The zero-order valence-electron chi connectivity index (χ0n) is 11.3. The molecule has 1 atom stereocenters. The van der Waals surface area contributed by atoms with Gasteiger partial charge in [0.2, 0.25) is 5.91 Å². The van der Waals surface area contributed by atoms with Gasteiger partial charge in [0, 0.05) is 18.1 Å². The third-order valence-electron chi connectivity index (χ3n) is 3.14. The zero-order chi connectivity index (χ0) is 15.4. The number of rotatable bonds is 4. The average Bonchev–Trinajstić information content (AvgIpc) is 2.43. The summed E-state index contributed by atoms with van der Waals surface area (Å²) < 4.78 is 5.33. The number of halogens is 2. The summed E-state index contributed by atoms with van der Waals surface area (Å²) in [4.78, 5) is 14.0. The summed E-state index contributed by atoms with van der Waals surface area (Å²) in [5.74, 6) is -0.232. The number of aliphatic hydroxyl groups is 1. The van der Waals surface area contributed by atoms with E-state index in [1.165, 1.54) is 12.1 Å². The van der Waals surface area contributed by atoms with Crippen molar-refractivity contribution in [3.8, 4) is 0 Å². The molecule has 0 saturated carbocycles. The third kappa shape index (κ3) is 4.46. The third-order valence-corrected chi connectivity index (χ3v) is 3.66. The number of hydrogen-bond donors (Lipinski definition) is 3. The summed E-state index contributed by atoms with van der Waals surface area (Å²) in [6.45, 7) is 1.75. The smallest absolute Gasteiger partial charge is 0.238 e. The van der Waals surface area contributed by atoms with E-state index >= 15 is 0 Å². The molecule has 0 aromatic heterocycles. The lowest BCUT2D eigenvalue weighted by molar-refractivity contribution is -0.120. The van der Waals surface area contributed by atoms with Crippen molar-refractivity contribution in [1.29, 1.82) is 0 Å². The van der Waals surface area contributed by atoms with Crippen LogP contribution in [0.4, 0.5) is 11.4 Å². The molecule has 21 heavy (non-hydrogen) atoms. The molecule has 1 aliphatic heterocycles. The number of carbonyl (C=O) groups is 1. The van der Waals surface area contributed by atoms with Gasteiger partial charge in [-0.2, -0.15) is 0 Å². The number of aliphatic hydroxyl groups excluding tert-OH is 1. The van der Waals surface area contributed by atoms with Crippen molar-refractivity contribution >= 4 is 40.5 Å². The maximum Gasteiger partial charge on any atom is 0.238 e. The molecule has 0 radical (unpaired) electrons. The van der Waals surface area contributed by atoms with Gasteiger partial charge in [-0.1, -0.05) is 23.2 Å². The van der Waals surface area contributed by atoms with Gasteiger partial charge in [0.15, 0.2) is 0 Å². The first-order valence-electron chi connectivity index (χ1n) is 6.48. The van der Waals surface area contributed by atoms with E-state index in [9.17, 15) is 4.79 Å². The summed E-state index contributed by atoms with van der Waals surface area (Å²) in [7, 11) is 0. The van der Waals surface area contributed by atoms with Crippen molar-refractivity contribution in [3.63, 3.8) is 0 Å². The Bertz CT molecular complexity index is 504. The number of nitrogen functional groups attached to an aromatic ring is 1. The van der Waals surface area contributed by atoms with E-state index in [1.807, 2.05) is 4.90 Å². The van der Waals surface area contributed by atoms with Gasteiger partial charge in [-0.3, -0.25) is 9.69 Å². The Morgan fingerprint density at radius 3 is 2.95 bits per heavy atom. The Morgan fingerprint density at radius 1 is 1.52 bits per heavy atom. The van der Waals surface area contributed by atoms with Crippen LogP contribution in [0, 0.1) is 0 Å². The van der Waals surface area contributed by atoms with Crippen molar-refractivity contribution in [2.24, 2.45) is 0 Å². The van der Waals surface area contributed by atoms with E-state index in [0.29, 0.717) is 41.1 Å². The lowest BCUT2D eigenvalue weighted by atomic mass is 10.2. The Hall–Kier alpha value is -1.05. The molecule has 1 aliphatic rings. The second kappa shape index (κ2) is 7.29. The lowest BCUT2D eigenvalue weighted by Gasteiger charge is -2.31. The minimum absolute atomic E-state index is 0.0614. The number of carbonyl (C=O) groups excluding carboxylic acids is 1. The lowest BCUT2D eigenvalue weighted by Crippen LogP contribution is -2.46. The topological polar surface area (TPSA) is 87.8 Å². The van der Waals surface area contributed by atoms with Crippen molar-refractivity contribution in [2.75, 3.05) is 43.9 Å². The van der Waals surface area contributed by atoms with E-state index in [-0.39, 0.29) is 25.2 Å². The van der Waals surface area contributed by atoms with Crippen molar-refractivity contribution in [2.45, 2.75) is 6.10 Å². The van der Waals surface area contributed by atoms with Crippen LogP contribution >= 0.6 is 23.2 Å². The number of hydrogen-bond acceptors (Lipinski definition) is 5. The molecule has 0 bridgehead atoms. The number of ether oxygens (including phenoxy) is 1. The fourth-order valence-electron chi connectivity index (χ4n) is 2.14. The van der Waals surface area contributed by atoms with Gasteiger partial charge in [0.25, 0.3) is 0 Å². The molecule has 2 rings (SSSR count). The number of benzene rings is 1. The summed E-state index contributed by atoms with van der Waals surface area (Å²) >= 11 is 11.8. The maximum atomic E-state index is 12.1. The molecule has 0 aliphatic carbocycles. The largest absolute Gasteiger partial charge is 0.397 e. The highest BCUT2D eigenvalue weighted by Crippen LogP contribution is 2.31. The number of nitrogens with two attached hydrogens (primary N) is 1. The van der Waals surface area contributed by atoms with Crippen molar-refractivity contribution < 1.29 is 14.6 Å². The summed E-state index contributed by atoms with van der Waals surface area (Å²) in [5.41, 5.74) is 6.47. The molecule has 1 amide bonds. The molecule has 1 heterocycles. The van der Waals surface area contributed by atoms with Crippen molar-refractivity contribution in [1.82, 2.24) is 4.90 Å². The normalized spacial score (nSPS) is 19.5. The molecule has 8 heteroatoms. The van der Waals surface area contributed by atoms with Crippen LogP contribution in [0.5, 0.6) is 0 Å². The minimum atomic E-state index is -0.254. The Balaban J connectivity index is 1.96. The van der Waals surface area contributed by atoms with Crippen LogP contribution in [0.3, 0.4) is 0 Å². The summed E-state index contributed by atoms with van der Waals surface area (Å²) in [6, 6.07) is 3.05. The Morgan fingerprint density at radius 2 is 2.29 bits per heavy atom. The summed E-state index contributed by atoms with van der Waals surface area (Å²) in [5, 5.41) is 12.5. The van der Waals surface area contributed by atoms with Crippen LogP contribution in [0.1, 0.15) is 0 Å². The molecular formula is C13H17Cl2N3O3. The molecule has 0 spiro atoms. The van der Waals surface area contributed by atoms with Crippen LogP contribution in [0.2, 0.25) is 10.0 Å². The molecule has 1 aromatic carbocycles. The van der Waals surface area contributed by atoms with E-state index in [0.717, 1.165) is 0 Å². The molecule has 116 valence electrons. The highest BCUT2D eigenvalue weighted by Gasteiger charge is 2.22. The van der Waals surface area contributed by atoms with Gasteiger partial charge in [0.1, 0.15) is 0 Å². The predicted octanol–water partition coefficient (Wildman–Crippen LogP) is 1.21. The molecule has 1 fully saturated rings. The van der Waals surface area contributed by atoms with E-state index in [1.54, 1.807) is 0 Å². The second-order valence-electron chi connectivity index (χ2n) is 4.81. The zero-order valence-corrected chi connectivity index (χ0v) is 12.8. The van der Waals surface area contributed by atoms with Gasteiger partial charge in [-0.15, -0.1) is 0 Å². The number of amides is 1. The van der Waals surface area contributed by atoms with Gasteiger partial charge < -0.3 is 20.9 Å². The van der Waals surface area contributed by atoms with Crippen LogP contribution < -0.4 is 11.1 Å². The summed E-state index contributed by atoms with van der Waals surface area (Å²) in [6.07, 6.45) is -0.254. The van der Waals surface area contributed by atoms with E-state index in [2.05, 4.69) is 5.32 Å². The molecule has 1 unspecified atom stereocenters. The Labute approximate surface area is 132 Å². The molecular weight excluding hydrogens is 317 g/mol. The Kier molecular flexibility index (Phi) is 5.66. The molecule has 6 nitrogen and oxygen atoms in total. The number of nitrogens with one attached hydrogen (secondary N) is 1. The molecule has 4 N–H and O–H groups in total. The fraction of sp³-hybridized carbons (Fsp3) is 0.462. The first kappa shape index (κ1) is 16.3. The number of anilines is 2. The highest BCUT2D eigenvalue weighted by molar-refractivity contribution is 6.37. The highest BCUT2D eigenvalue weighted by atomic mass is 35.5. The molecule has 1 aromatic rings. The van der Waals surface area contributed by atoms with Gasteiger partial charge in [-0.05, 0) is 12.1 Å². The molecule has 1 saturated heterocycles. The standard InChI is InChI=1S/C13H17Cl2N3O3/c14-8-3-10(15)13(11(16)4-8)17-12(20)6-18-1-2-21-9(5-18)7-19/h3-4,9,19H,1-2,5-7,16H2,(H,17,20). The van der Waals surface area contributed by atoms with Crippen molar-refractivity contribution in [3.05, 3.63) is 22.2 Å². The first-order valence-corrected chi connectivity index (χ1v) is 7.24. The predicted molar refractivity (Wildman–Crippen MR) is 82.8 cm³/mol. The van der Waals surface area contributed by atoms with Crippen LogP contribution in [-0.4, -0.2) is 54.9 Å². The number of nitrogens with zero attached hydrogens (tertiary/aromatic N) is 1. The van der Waals surface area contributed by atoms with Gasteiger partial charge in [0.05, 0.1) is 42.3 Å². The van der Waals surface area contributed by atoms with Crippen LogP contribution in [0.15, 0.2) is 12.1 Å². The van der Waals surface area contributed by atoms with Gasteiger partial charge in [-0.25, -0.2) is 0 Å². The van der Waals surface area contributed by atoms with E-state index < -0.39 is 0 Å².